The third-order valence-electron chi connectivity index (χ3n) is 7.12. The Morgan fingerprint density at radius 2 is 1.64 bits per heavy atom. The predicted octanol–water partition coefficient (Wildman–Crippen LogP) is 5.02. The molecule has 5 rings (SSSR count). The topological polar surface area (TPSA) is 75.7 Å². The number of fused-ring (bicyclic) bond motifs is 2. The zero-order valence-corrected chi connectivity index (χ0v) is 21.8. The molecule has 1 aliphatic carbocycles. The van der Waals surface area contributed by atoms with Gasteiger partial charge in [-0.25, -0.2) is 8.42 Å². The van der Waals surface area contributed by atoms with E-state index in [-0.39, 0.29) is 23.4 Å². The van der Waals surface area contributed by atoms with Crippen LogP contribution < -0.4 is 14.4 Å². The number of nitrogens with zero attached hydrogens (tertiary/aromatic N) is 1. The number of anilines is 1. The van der Waals surface area contributed by atoms with Gasteiger partial charge < -0.3 is 10.1 Å². The van der Waals surface area contributed by atoms with Crippen LogP contribution in [0, 0.1) is 13.8 Å². The van der Waals surface area contributed by atoms with Gasteiger partial charge in [-0.1, -0.05) is 42.0 Å². The maximum absolute atomic E-state index is 13.7. The number of carbonyl (C=O) groups excluding carboxylic acids is 1. The Labute approximate surface area is 213 Å². The number of hydrogen-bond donors (Lipinski definition) is 1. The van der Waals surface area contributed by atoms with Crippen molar-refractivity contribution in [1.82, 2.24) is 5.32 Å². The molecule has 2 atom stereocenters. The fourth-order valence-corrected chi connectivity index (χ4v) is 6.44. The largest absolute Gasteiger partial charge is 0.476 e. The number of rotatable bonds is 5. The monoisotopic (exact) mass is 504 g/mol. The van der Waals surface area contributed by atoms with Crippen LogP contribution in [-0.2, 0) is 27.7 Å². The van der Waals surface area contributed by atoms with Gasteiger partial charge in [-0.05, 0) is 93.0 Å². The maximum Gasteiger partial charge on any atom is 0.264 e. The molecule has 0 saturated heterocycles. The smallest absolute Gasteiger partial charge is 0.264 e. The van der Waals surface area contributed by atoms with Crippen LogP contribution in [-0.4, -0.2) is 27.0 Å². The second-order valence-electron chi connectivity index (χ2n) is 9.89. The maximum atomic E-state index is 13.7. The molecule has 3 aromatic carbocycles. The zero-order chi connectivity index (χ0) is 25.4. The van der Waals surface area contributed by atoms with E-state index in [4.69, 9.17) is 4.74 Å². The summed E-state index contributed by atoms with van der Waals surface area (Å²) in [5.74, 6) is 0.0414. The van der Waals surface area contributed by atoms with Crippen LogP contribution in [0.3, 0.4) is 0 Å². The van der Waals surface area contributed by atoms with Crippen molar-refractivity contribution < 1.29 is 17.9 Å². The molecule has 36 heavy (non-hydrogen) atoms. The molecule has 1 aliphatic heterocycles. The van der Waals surface area contributed by atoms with Crippen molar-refractivity contribution in [2.45, 2.75) is 63.5 Å². The number of carbonyl (C=O) groups is 1. The van der Waals surface area contributed by atoms with Crippen LogP contribution in [0.15, 0.2) is 65.6 Å². The minimum atomic E-state index is -3.89. The SMILES string of the molecule is Cc1ccc(S(=O)(=O)N2C[C@@H](C(=O)N[C@H](C)c3ccc4c(c3)CCCC4)Oc3ccc(C)cc32)cc1. The summed E-state index contributed by atoms with van der Waals surface area (Å²) in [5.41, 5.74) is 6.12. The molecule has 3 aromatic rings. The second-order valence-corrected chi connectivity index (χ2v) is 11.8. The lowest BCUT2D eigenvalue weighted by Gasteiger charge is -2.35. The van der Waals surface area contributed by atoms with E-state index in [9.17, 15) is 13.2 Å². The lowest BCUT2D eigenvalue weighted by molar-refractivity contribution is -0.128. The minimum absolute atomic E-state index is 0.102. The Kier molecular flexibility index (Phi) is 6.51. The summed E-state index contributed by atoms with van der Waals surface area (Å²) in [7, 11) is -3.89. The normalized spacial score (nSPS) is 18.0. The van der Waals surface area contributed by atoms with Gasteiger partial charge in [-0.2, -0.15) is 0 Å². The summed E-state index contributed by atoms with van der Waals surface area (Å²) in [6.45, 7) is 5.66. The van der Waals surface area contributed by atoms with E-state index in [1.807, 2.05) is 26.8 Å². The average molecular weight is 505 g/mol. The van der Waals surface area contributed by atoms with Gasteiger partial charge >= 0.3 is 0 Å². The summed E-state index contributed by atoms with van der Waals surface area (Å²) < 4.78 is 34.7. The van der Waals surface area contributed by atoms with Crippen LogP contribution in [0.2, 0.25) is 0 Å². The Balaban J connectivity index is 1.41. The first-order valence-electron chi connectivity index (χ1n) is 12.5. The highest BCUT2D eigenvalue weighted by molar-refractivity contribution is 7.92. The Morgan fingerprint density at radius 1 is 0.944 bits per heavy atom. The minimum Gasteiger partial charge on any atom is -0.476 e. The highest BCUT2D eigenvalue weighted by atomic mass is 32.2. The molecule has 6 nitrogen and oxygen atoms in total. The van der Waals surface area contributed by atoms with E-state index in [0.717, 1.165) is 29.5 Å². The predicted molar refractivity (Wildman–Crippen MR) is 141 cm³/mol. The first-order valence-corrected chi connectivity index (χ1v) is 14.0. The van der Waals surface area contributed by atoms with Crippen LogP contribution in [0.5, 0.6) is 5.75 Å². The van der Waals surface area contributed by atoms with Crippen molar-refractivity contribution >= 4 is 21.6 Å². The highest BCUT2D eigenvalue weighted by Gasteiger charge is 2.38. The zero-order valence-electron chi connectivity index (χ0n) is 21.0. The Hall–Kier alpha value is -3.32. The molecule has 0 bridgehead atoms. The number of aryl methyl sites for hydroxylation is 4. The highest BCUT2D eigenvalue weighted by Crippen LogP contribution is 2.38. The van der Waals surface area contributed by atoms with E-state index in [1.54, 1.807) is 36.4 Å². The van der Waals surface area contributed by atoms with Crippen molar-refractivity contribution in [3.05, 3.63) is 88.5 Å². The molecule has 2 aliphatic rings. The number of sulfonamides is 1. The van der Waals surface area contributed by atoms with E-state index < -0.39 is 16.1 Å². The standard InChI is InChI=1S/C29H32N2O4S/c1-19-8-13-25(14-9-19)36(33,34)31-18-28(35-27-15-10-20(2)16-26(27)31)29(32)30-21(3)23-12-11-22-6-4-5-7-24(22)17-23/h8-17,21,28H,4-7,18H2,1-3H3,(H,30,32)/t21-,28+/m1/s1. The van der Waals surface area contributed by atoms with Gasteiger partial charge in [0.15, 0.2) is 6.10 Å². The van der Waals surface area contributed by atoms with Crippen molar-refractivity contribution in [3.63, 3.8) is 0 Å². The van der Waals surface area contributed by atoms with Gasteiger partial charge in [-0.15, -0.1) is 0 Å². The molecule has 7 heteroatoms. The summed E-state index contributed by atoms with van der Waals surface area (Å²) in [4.78, 5) is 13.5. The van der Waals surface area contributed by atoms with Gasteiger partial charge in [0, 0.05) is 0 Å². The number of hydrogen-bond acceptors (Lipinski definition) is 4. The molecule has 0 aromatic heterocycles. The summed E-state index contributed by atoms with van der Waals surface area (Å²) >= 11 is 0. The van der Waals surface area contributed by atoms with Crippen LogP contribution in [0.25, 0.3) is 0 Å². The molecular formula is C29H32N2O4S. The van der Waals surface area contributed by atoms with E-state index >= 15 is 0 Å². The second kappa shape index (κ2) is 9.62. The van der Waals surface area contributed by atoms with Crippen LogP contribution >= 0.6 is 0 Å². The van der Waals surface area contributed by atoms with Crippen LogP contribution in [0.1, 0.15) is 53.6 Å². The summed E-state index contributed by atoms with van der Waals surface area (Å²) in [6.07, 6.45) is 3.62. The van der Waals surface area contributed by atoms with E-state index in [1.165, 1.54) is 28.3 Å². The molecule has 1 N–H and O–H groups in total. The molecule has 188 valence electrons. The first kappa shape index (κ1) is 24.4. The lowest BCUT2D eigenvalue weighted by atomic mass is 9.89. The third kappa shape index (κ3) is 4.72. The molecule has 0 fully saturated rings. The van der Waals surface area contributed by atoms with E-state index in [0.29, 0.717) is 11.4 Å². The molecule has 0 unspecified atom stereocenters. The summed E-state index contributed by atoms with van der Waals surface area (Å²) in [5, 5.41) is 3.05. The average Bonchev–Trinajstić information content (AvgIpc) is 2.87. The van der Waals surface area contributed by atoms with Gasteiger partial charge in [0.2, 0.25) is 0 Å². The third-order valence-corrected chi connectivity index (χ3v) is 8.91. The van der Waals surface area contributed by atoms with Crippen molar-refractivity contribution in [2.75, 3.05) is 10.8 Å². The molecular weight excluding hydrogens is 472 g/mol. The summed E-state index contributed by atoms with van der Waals surface area (Å²) in [6, 6.07) is 18.3. The first-order chi connectivity index (χ1) is 17.2. The number of ether oxygens (including phenoxy) is 1. The van der Waals surface area contributed by atoms with Crippen LogP contribution in [0.4, 0.5) is 5.69 Å². The van der Waals surface area contributed by atoms with Crippen molar-refractivity contribution in [3.8, 4) is 5.75 Å². The Morgan fingerprint density at radius 3 is 2.39 bits per heavy atom. The lowest BCUT2D eigenvalue weighted by Crippen LogP contribution is -2.51. The quantitative estimate of drug-likeness (QED) is 0.530. The fraction of sp³-hybridized carbons (Fsp3) is 0.345. The number of amides is 1. The van der Waals surface area contributed by atoms with Crippen molar-refractivity contribution in [1.29, 1.82) is 0 Å². The number of nitrogens with one attached hydrogen (secondary N) is 1. The van der Waals surface area contributed by atoms with Gasteiger partial charge in [0.05, 0.1) is 23.2 Å². The molecule has 1 amide bonds. The molecule has 0 radical (unpaired) electrons. The van der Waals surface area contributed by atoms with Crippen molar-refractivity contribution in [2.24, 2.45) is 0 Å². The molecule has 1 heterocycles. The Bertz CT molecular complexity index is 1400. The number of benzene rings is 3. The molecule has 0 spiro atoms. The van der Waals surface area contributed by atoms with E-state index in [2.05, 4.69) is 23.5 Å². The van der Waals surface area contributed by atoms with Gasteiger partial charge in [0.25, 0.3) is 15.9 Å². The fourth-order valence-electron chi connectivity index (χ4n) is 4.98. The van der Waals surface area contributed by atoms with Gasteiger partial charge in [-0.3, -0.25) is 9.10 Å². The molecule has 0 saturated carbocycles. The van der Waals surface area contributed by atoms with Gasteiger partial charge in [0.1, 0.15) is 5.75 Å².